The van der Waals surface area contributed by atoms with Gasteiger partial charge in [0.05, 0.1) is 5.56 Å². The van der Waals surface area contributed by atoms with Crippen LogP contribution in [0.25, 0.3) is 10.9 Å². The van der Waals surface area contributed by atoms with Crippen molar-refractivity contribution in [3.63, 3.8) is 0 Å². The van der Waals surface area contributed by atoms with Crippen LogP contribution in [0.5, 0.6) is 0 Å². The predicted octanol–water partition coefficient (Wildman–Crippen LogP) is 3.56. The first-order chi connectivity index (χ1) is 11.8. The monoisotopic (exact) mass is 327 g/mol. The van der Waals surface area contributed by atoms with E-state index >= 15 is 0 Å². The third kappa shape index (κ3) is 4.18. The molecule has 1 fully saturated rings. The van der Waals surface area contributed by atoms with Gasteiger partial charge in [0.2, 0.25) is 0 Å². The largest absolute Gasteiger partial charge is 0.352 e. The lowest BCUT2D eigenvalue weighted by Gasteiger charge is -2.26. The molecular formula is C20H29N3O. The first-order valence-electron chi connectivity index (χ1n) is 9.30. The Labute approximate surface area is 144 Å². The van der Waals surface area contributed by atoms with Crippen LogP contribution in [0.4, 0.5) is 0 Å². The van der Waals surface area contributed by atoms with Crippen molar-refractivity contribution in [3.8, 4) is 0 Å². The van der Waals surface area contributed by atoms with E-state index in [1.165, 1.54) is 51.7 Å². The molecule has 1 amide bonds. The molecule has 4 nitrogen and oxygen atoms in total. The lowest BCUT2D eigenvalue weighted by Crippen LogP contribution is -2.30. The summed E-state index contributed by atoms with van der Waals surface area (Å²) in [6.07, 6.45) is 9.54. The molecule has 1 N–H and O–H groups in total. The van der Waals surface area contributed by atoms with Crippen molar-refractivity contribution < 1.29 is 4.79 Å². The summed E-state index contributed by atoms with van der Waals surface area (Å²) in [5.74, 6) is 0.0443. The van der Waals surface area contributed by atoms with E-state index in [1.807, 2.05) is 42.1 Å². The second-order valence-electron chi connectivity index (χ2n) is 6.89. The van der Waals surface area contributed by atoms with E-state index in [0.717, 1.165) is 29.4 Å². The number of piperidine rings is 1. The van der Waals surface area contributed by atoms with E-state index in [9.17, 15) is 4.79 Å². The number of carbonyl (C=O) groups is 1. The highest BCUT2D eigenvalue weighted by Crippen LogP contribution is 2.20. The molecule has 2 aromatic rings. The summed E-state index contributed by atoms with van der Waals surface area (Å²) in [5.41, 5.74) is 1.88. The van der Waals surface area contributed by atoms with E-state index in [-0.39, 0.29) is 5.91 Å². The van der Waals surface area contributed by atoms with Gasteiger partial charge in [0.15, 0.2) is 0 Å². The van der Waals surface area contributed by atoms with Crippen LogP contribution in [-0.2, 0) is 7.05 Å². The number of hydrogen-bond donors (Lipinski definition) is 1. The van der Waals surface area contributed by atoms with Crippen LogP contribution in [0.1, 0.15) is 48.9 Å². The highest BCUT2D eigenvalue weighted by Gasteiger charge is 2.13. The number of para-hydroxylation sites is 1. The molecule has 1 saturated heterocycles. The van der Waals surface area contributed by atoms with Gasteiger partial charge in [-0.05, 0) is 51.4 Å². The molecule has 0 radical (unpaired) electrons. The predicted molar refractivity (Wildman–Crippen MR) is 99.4 cm³/mol. The molecule has 130 valence electrons. The Morgan fingerprint density at radius 3 is 2.71 bits per heavy atom. The number of amides is 1. The van der Waals surface area contributed by atoms with Gasteiger partial charge in [0.25, 0.3) is 5.91 Å². The van der Waals surface area contributed by atoms with Crippen molar-refractivity contribution in [3.05, 3.63) is 36.0 Å². The maximum absolute atomic E-state index is 12.4. The van der Waals surface area contributed by atoms with Gasteiger partial charge in [-0.3, -0.25) is 4.79 Å². The van der Waals surface area contributed by atoms with Crippen LogP contribution in [0.2, 0.25) is 0 Å². The minimum atomic E-state index is 0.0443. The number of carbonyl (C=O) groups excluding carboxylic acids is 1. The highest BCUT2D eigenvalue weighted by molar-refractivity contribution is 6.06. The number of hydrogen-bond acceptors (Lipinski definition) is 2. The number of fused-ring (bicyclic) bond motifs is 1. The summed E-state index contributed by atoms with van der Waals surface area (Å²) in [6.45, 7) is 4.54. The van der Waals surface area contributed by atoms with Crippen molar-refractivity contribution in [1.29, 1.82) is 0 Å². The van der Waals surface area contributed by atoms with E-state index < -0.39 is 0 Å². The molecule has 24 heavy (non-hydrogen) atoms. The standard InChI is InChI=1S/C20H29N3O/c1-22-16-18(17-10-4-5-11-19(17)22)20(24)21-12-6-2-7-13-23-14-8-3-9-15-23/h4-5,10-11,16H,2-3,6-9,12-15H2,1H3,(H,21,24). The van der Waals surface area contributed by atoms with Crippen LogP contribution in [0.3, 0.4) is 0 Å². The molecule has 0 atom stereocenters. The fraction of sp³-hybridized carbons (Fsp3) is 0.550. The number of unbranched alkanes of at least 4 members (excludes halogenated alkanes) is 2. The normalized spacial score (nSPS) is 15.7. The maximum Gasteiger partial charge on any atom is 0.253 e. The SMILES string of the molecule is Cn1cc(C(=O)NCCCCCN2CCCCC2)c2ccccc21. The summed E-state index contributed by atoms with van der Waals surface area (Å²) in [4.78, 5) is 15.0. The number of nitrogens with one attached hydrogen (secondary N) is 1. The van der Waals surface area contributed by atoms with E-state index in [4.69, 9.17) is 0 Å². The Bertz CT molecular complexity index is 671. The molecule has 4 heteroatoms. The Morgan fingerprint density at radius 2 is 1.88 bits per heavy atom. The fourth-order valence-corrected chi connectivity index (χ4v) is 3.64. The Morgan fingerprint density at radius 1 is 1.08 bits per heavy atom. The number of nitrogens with zero attached hydrogens (tertiary/aromatic N) is 2. The summed E-state index contributed by atoms with van der Waals surface area (Å²) >= 11 is 0. The van der Waals surface area contributed by atoms with E-state index in [2.05, 4.69) is 10.2 Å². The molecule has 1 aliphatic heterocycles. The first-order valence-corrected chi connectivity index (χ1v) is 9.30. The second kappa shape index (κ2) is 8.34. The van der Waals surface area contributed by atoms with E-state index in [1.54, 1.807) is 0 Å². The van der Waals surface area contributed by atoms with Crippen LogP contribution >= 0.6 is 0 Å². The van der Waals surface area contributed by atoms with Gasteiger partial charge in [0.1, 0.15) is 0 Å². The van der Waals surface area contributed by atoms with Crippen molar-refractivity contribution in [2.24, 2.45) is 7.05 Å². The average Bonchev–Trinajstić information content (AvgIpc) is 2.96. The minimum absolute atomic E-state index is 0.0443. The molecule has 0 saturated carbocycles. The molecule has 1 aromatic heterocycles. The third-order valence-electron chi connectivity index (χ3n) is 5.03. The number of aryl methyl sites for hydroxylation is 1. The van der Waals surface area contributed by atoms with Crippen LogP contribution in [0.15, 0.2) is 30.5 Å². The zero-order chi connectivity index (χ0) is 16.8. The van der Waals surface area contributed by atoms with Crippen LogP contribution in [0, 0.1) is 0 Å². The summed E-state index contributed by atoms with van der Waals surface area (Å²) in [6, 6.07) is 8.06. The Balaban J connectivity index is 1.39. The molecule has 2 heterocycles. The highest BCUT2D eigenvalue weighted by atomic mass is 16.1. The Kier molecular flexibility index (Phi) is 5.91. The lowest BCUT2D eigenvalue weighted by molar-refractivity contribution is 0.0954. The molecule has 3 rings (SSSR count). The van der Waals surface area contributed by atoms with Gasteiger partial charge in [-0.15, -0.1) is 0 Å². The topological polar surface area (TPSA) is 37.3 Å². The average molecular weight is 327 g/mol. The molecule has 0 unspecified atom stereocenters. The quantitative estimate of drug-likeness (QED) is 0.790. The van der Waals surface area contributed by atoms with Gasteiger partial charge in [-0.25, -0.2) is 0 Å². The van der Waals surface area contributed by atoms with Gasteiger partial charge in [-0.1, -0.05) is 31.0 Å². The van der Waals surface area contributed by atoms with E-state index in [0.29, 0.717) is 0 Å². The molecule has 1 aliphatic rings. The molecule has 1 aromatic carbocycles. The van der Waals surface area contributed by atoms with Gasteiger partial charge in [-0.2, -0.15) is 0 Å². The molecule has 0 bridgehead atoms. The lowest BCUT2D eigenvalue weighted by atomic mass is 10.1. The van der Waals surface area contributed by atoms with Crippen molar-refractivity contribution in [2.75, 3.05) is 26.2 Å². The van der Waals surface area contributed by atoms with Gasteiger partial charge in [0, 0.05) is 30.7 Å². The van der Waals surface area contributed by atoms with Crippen molar-refractivity contribution >= 4 is 16.8 Å². The fourth-order valence-electron chi connectivity index (χ4n) is 3.64. The molecular weight excluding hydrogens is 298 g/mol. The van der Waals surface area contributed by atoms with Crippen molar-refractivity contribution in [2.45, 2.75) is 38.5 Å². The smallest absolute Gasteiger partial charge is 0.253 e. The van der Waals surface area contributed by atoms with Crippen LogP contribution in [-0.4, -0.2) is 41.6 Å². The minimum Gasteiger partial charge on any atom is -0.352 e. The third-order valence-corrected chi connectivity index (χ3v) is 5.03. The number of rotatable bonds is 7. The zero-order valence-corrected chi connectivity index (χ0v) is 14.8. The summed E-state index contributed by atoms with van der Waals surface area (Å²) in [5, 5.41) is 4.11. The summed E-state index contributed by atoms with van der Waals surface area (Å²) < 4.78 is 2.02. The number of likely N-dealkylation sites (tertiary alicyclic amines) is 1. The van der Waals surface area contributed by atoms with Gasteiger partial charge >= 0.3 is 0 Å². The molecule has 0 aliphatic carbocycles. The zero-order valence-electron chi connectivity index (χ0n) is 14.8. The summed E-state index contributed by atoms with van der Waals surface area (Å²) in [7, 11) is 1.99. The molecule has 0 spiro atoms. The van der Waals surface area contributed by atoms with Crippen LogP contribution < -0.4 is 5.32 Å². The second-order valence-corrected chi connectivity index (χ2v) is 6.89. The Hall–Kier alpha value is -1.81. The number of benzene rings is 1. The van der Waals surface area contributed by atoms with Crippen molar-refractivity contribution in [1.82, 2.24) is 14.8 Å². The first kappa shape index (κ1) is 17.0. The van der Waals surface area contributed by atoms with Gasteiger partial charge < -0.3 is 14.8 Å². The maximum atomic E-state index is 12.4. The number of aromatic nitrogens is 1.